The Hall–Kier alpha value is -2.72. The Morgan fingerprint density at radius 1 is 1.07 bits per heavy atom. The van der Waals surface area contributed by atoms with E-state index in [-0.39, 0.29) is 34.2 Å². The van der Waals surface area contributed by atoms with Crippen molar-refractivity contribution in [2.24, 2.45) is 0 Å². The Labute approximate surface area is 157 Å². The summed E-state index contributed by atoms with van der Waals surface area (Å²) in [7, 11) is -4.00. The highest BCUT2D eigenvalue weighted by Gasteiger charge is 2.56. The Morgan fingerprint density at radius 3 is 2.32 bits per heavy atom. The molecule has 1 aliphatic heterocycles. The Morgan fingerprint density at radius 2 is 1.68 bits per heavy atom. The molecular weight excluding hydrogens is 399 g/mol. The van der Waals surface area contributed by atoms with Crippen LogP contribution < -0.4 is 5.32 Å². The Bertz CT molecular complexity index is 1090. The summed E-state index contributed by atoms with van der Waals surface area (Å²) < 4.78 is 64.1. The number of hydrogen-bond acceptors (Lipinski definition) is 5. The highest BCUT2D eigenvalue weighted by atomic mass is 32.2. The van der Waals surface area contributed by atoms with Gasteiger partial charge in [-0.2, -0.15) is 13.2 Å². The van der Waals surface area contributed by atoms with Crippen LogP contribution in [0.2, 0.25) is 0 Å². The topological polar surface area (TPSA) is 101 Å². The van der Waals surface area contributed by atoms with Crippen LogP contribution in [0.25, 0.3) is 0 Å². The average Bonchev–Trinajstić information content (AvgIpc) is 2.69. The van der Waals surface area contributed by atoms with Crippen molar-refractivity contribution in [3.8, 4) is 0 Å². The molecule has 1 amide bonds. The van der Waals surface area contributed by atoms with E-state index in [0.29, 0.717) is 0 Å². The van der Waals surface area contributed by atoms with Crippen LogP contribution >= 0.6 is 0 Å². The number of ketones is 1. The zero-order valence-electron chi connectivity index (χ0n) is 14.4. The lowest BCUT2D eigenvalue weighted by atomic mass is 9.97. The van der Waals surface area contributed by atoms with Gasteiger partial charge < -0.3 is 10.4 Å². The van der Waals surface area contributed by atoms with Gasteiger partial charge in [-0.05, 0) is 25.1 Å². The molecule has 0 aromatic heterocycles. The molecule has 0 bridgehead atoms. The minimum Gasteiger partial charge on any atom is -0.373 e. The second-order valence-electron chi connectivity index (χ2n) is 6.44. The van der Waals surface area contributed by atoms with E-state index in [1.54, 1.807) is 0 Å². The fourth-order valence-electron chi connectivity index (χ4n) is 2.78. The number of halogens is 3. The van der Waals surface area contributed by atoms with E-state index in [0.717, 1.165) is 0 Å². The van der Waals surface area contributed by atoms with Gasteiger partial charge in [0.2, 0.25) is 5.60 Å². The third-order valence-electron chi connectivity index (χ3n) is 4.46. The molecule has 6 nitrogen and oxygen atoms in total. The number of rotatable bonds is 2. The van der Waals surface area contributed by atoms with E-state index in [1.807, 2.05) is 5.32 Å². The number of fused-ring (bicyclic) bond motifs is 2. The smallest absolute Gasteiger partial charge is 0.373 e. The van der Waals surface area contributed by atoms with Gasteiger partial charge in [0, 0.05) is 22.4 Å². The predicted molar refractivity (Wildman–Crippen MR) is 92.5 cm³/mol. The summed E-state index contributed by atoms with van der Waals surface area (Å²) in [4.78, 5) is 24.6. The minimum atomic E-state index is -5.25. The zero-order valence-corrected chi connectivity index (χ0v) is 15.2. The molecule has 0 fully saturated rings. The molecule has 1 heterocycles. The van der Waals surface area contributed by atoms with Gasteiger partial charge in [0.15, 0.2) is 15.6 Å². The first-order valence-electron chi connectivity index (χ1n) is 7.95. The lowest BCUT2D eigenvalue weighted by molar-refractivity contribution is -0.242. The highest BCUT2D eigenvalue weighted by Crippen LogP contribution is 2.35. The molecular formula is C18H14F3NO5S. The average molecular weight is 413 g/mol. The lowest BCUT2D eigenvalue weighted by Gasteiger charge is -2.25. The maximum Gasteiger partial charge on any atom is 0.426 e. The number of carbonyl (C=O) groups excluding carboxylic acids is 2. The molecule has 0 saturated carbocycles. The van der Waals surface area contributed by atoms with Crippen molar-refractivity contribution in [3.63, 3.8) is 0 Å². The van der Waals surface area contributed by atoms with Crippen LogP contribution in [0.1, 0.15) is 28.4 Å². The second kappa shape index (κ2) is 6.42. The number of hydrogen-bond donors (Lipinski definition) is 2. The van der Waals surface area contributed by atoms with Gasteiger partial charge in [-0.3, -0.25) is 9.59 Å². The first kappa shape index (κ1) is 20.0. The molecule has 0 aliphatic carbocycles. The quantitative estimate of drug-likeness (QED) is 0.788. The molecule has 1 unspecified atom stereocenters. The molecule has 2 aromatic carbocycles. The number of alkyl halides is 3. The van der Waals surface area contributed by atoms with Crippen molar-refractivity contribution in [1.29, 1.82) is 0 Å². The maximum atomic E-state index is 12.9. The van der Waals surface area contributed by atoms with Crippen molar-refractivity contribution in [1.82, 2.24) is 0 Å². The molecule has 1 atom stereocenters. The number of carbonyl (C=O) groups is 2. The van der Waals surface area contributed by atoms with Crippen molar-refractivity contribution in [3.05, 3.63) is 59.2 Å². The van der Waals surface area contributed by atoms with Crippen LogP contribution in [0.4, 0.5) is 18.9 Å². The van der Waals surface area contributed by atoms with Crippen molar-refractivity contribution >= 4 is 27.2 Å². The van der Waals surface area contributed by atoms with E-state index in [2.05, 4.69) is 0 Å². The standard InChI is InChI=1S/C18H14F3NO5S/c1-17(25,18(19,20)21)16(24)22-13-7-4-6-10-12(13)9-28(26,27)14-8-3-2-5-11(14)15(10)23/h2-8,25H,9H2,1H3,(H,22,24). The second-order valence-corrected chi connectivity index (χ2v) is 8.40. The molecule has 0 spiro atoms. The molecule has 2 aromatic rings. The third kappa shape index (κ3) is 3.18. The summed E-state index contributed by atoms with van der Waals surface area (Å²) in [5, 5.41) is 11.4. The molecule has 2 N–H and O–H groups in total. The summed E-state index contributed by atoms with van der Waals surface area (Å²) in [6, 6.07) is 9.33. The fourth-order valence-corrected chi connectivity index (χ4v) is 4.41. The van der Waals surface area contributed by atoms with Crippen LogP contribution in [0.5, 0.6) is 0 Å². The number of amides is 1. The number of benzene rings is 2. The highest BCUT2D eigenvalue weighted by molar-refractivity contribution is 7.90. The van der Waals surface area contributed by atoms with Gasteiger partial charge in [-0.15, -0.1) is 0 Å². The largest absolute Gasteiger partial charge is 0.426 e. The van der Waals surface area contributed by atoms with Crippen LogP contribution in [0, 0.1) is 0 Å². The van der Waals surface area contributed by atoms with Crippen LogP contribution in [0.3, 0.4) is 0 Å². The van der Waals surface area contributed by atoms with Gasteiger partial charge in [0.25, 0.3) is 5.91 Å². The third-order valence-corrected chi connectivity index (χ3v) is 6.16. The molecule has 10 heteroatoms. The van der Waals surface area contributed by atoms with Crippen LogP contribution in [-0.2, 0) is 20.4 Å². The van der Waals surface area contributed by atoms with Gasteiger partial charge in [0.1, 0.15) is 0 Å². The summed E-state index contributed by atoms with van der Waals surface area (Å²) in [5.74, 6) is -3.12. The molecule has 28 heavy (non-hydrogen) atoms. The Balaban J connectivity index is 2.12. The monoisotopic (exact) mass is 413 g/mol. The summed E-state index contributed by atoms with van der Waals surface area (Å²) >= 11 is 0. The van der Waals surface area contributed by atoms with Gasteiger partial charge in [-0.1, -0.05) is 24.3 Å². The Kier molecular flexibility index (Phi) is 4.59. The normalized spacial score (nSPS) is 17.7. The molecule has 0 radical (unpaired) electrons. The van der Waals surface area contributed by atoms with E-state index in [1.165, 1.54) is 42.5 Å². The van der Waals surface area contributed by atoms with Gasteiger partial charge in [0.05, 0.1) is 10.6 Å². The SMILES string of the molecule is CC(O)(C(=O)Nc1cccc2c1CS(=O)(=O)c1ccccc1C2=O)C(F)(F)F. The van der Waals surface area contributed by atoms with E-state index in [4.69, 9.17) is 0 Å². The van der Waals surface area contributed by atoms with Gasteiger partial charge in [-0.25, -0.2) is 8.42 Å². The summed E-state index contributed by atoms with van der Waals surface area (Å²) in [6.45, 7) is 0.279. The first-order valence-corrected chi connectivity index (χ1v) is 9.60. The number of anilines is 1. The van der Waals surface area contributed by atoms with Crippen molar-refractivity contribution in [2.75, 3.05) is 5.32 Å². The van der Waals surface area contributed by atoms with Crippen molar-refractivity contribution in [2.45, 2.75) is 29.3 Å². The number of aliphatic hydroxyl groups is 1. The summed E-state index contributed by atoms with van der Waals surface area (Å²) in [6.07, 6.45) is -5.25. The van der Waals surface area contributed by atoms with Crippen LogP contribution in [0.15, 0.2) is 47.4 Å². The number of sulfone groups is 1. The van der Waals surface area contributed by atoms with Crippen LogP contribution in [-0.4, -0.2) is 37.0 Å². The molecule has 1 aliphatic rings. The van der Waals surface area contributed by atoms with E-state index >= 15 is 0 Å². The predicted octanol–water partition coefficient (Wildman–Crippen LogP) is 2.46. The van der Waals surface area contributed by atoms with E-state index in [9.17, 15) is 36.3 Å². The van der Waals surface area contributed by atoms with E-state index < -0.39 is 39.1 Å². The zero-order chi connectivity index (χ0) is 20.9. The fraction of sp³-hybridized carbons (Fsp3) is 0.222. The molecule has 3 rings (SSSR count). The van der Waals surface area contributed by atoms with Gasteiger partial charge >= 0.3 is 6.18 Å². The lowest BCUT2D eigenvalue weighted by Crippen LogP contribution is -2.52. The number of nitrogens with one attached hydrogen (secondary N) is 1. The minimum absolute atomic E-state index is 0.0574. The summed E-state index contributed by atoms with van der Waals surface area (Å²) in [5.41, 5.74) is -4.26. The molecule has 148 valence electrons. The maximum absolute atomic E-state index is 12.9. The molecule has 0 saturated heterocycles. The first-order chi connectivity index (χ1) is 12.9. The van der Waals surface area contributed by atoms with Crippen molar-refractivity contribution < 1.29 is 36.3 Å².